The fraction of sp³-hybridized carbons (Fsp3) is 0.958. The van der Waals surface area contributed by atoms with Crippen LogP contribution in [0.2, 0.25) is 0 Å². The van der Waals surface area contributed by atoms with Gasteiger partial charge < -0.3 is 14.6 Å². The predicted octanol–water partition coefficient (Wildman–Crippen LogP) is 4.48. The van der Waals surface area contributed by atoms with Crippen LogP contribution in [0.3, 0.4) is 0 Å². The molecule has 0 radical (unpaired) electrons. The summed E-state index contributed by atoms with van der Waals surface area (Å²) in [5.74, 6) is 2.02. The third kappa shape index (κ3) is 2.26. The zero-order valence-corrected chi connectivity index (χ0v) is 18.3. The second-order valence-electron chi connectivity index (χ2n) is 11.7. The van der Waals surface area contributed by atoms with E-state index < -0.39 is 11.4 Å². The summed E-state index contributed by atoms with van der Waals surface area (Å²) in [5.41, 5.74) is -0.548. The summed E-state index contributed by atoms with van der Waals surface area (Å²) < 4.78 is 12.9. The van der Waals surface area contributed by atoms with E-state index in [1.54, 1.807) is 6.92 Å². The molecule has 0 aromatic heterocycles. The van der Waals surface area contributed by atoms with Crippen molar-refractivity contribution in [3.05, 3.63) is 0 Å². The summed E-state index contributed by atoms with van der Waals surface area (Å²) in [4.78, 5) is 13.1. The highest BCUT2D eigenvalue weighted by atomic mass is 16.8. The van der Waals surface area contributed by atoms with Crippen LogP contribution in [0.15, 0.2) is 0 Å². The maximum absolute atomic E-state index is 13.1. The minimum atomic E-state index is -0.771. The number of hydrogen-bond donors (Lipinski definition) is 1. The van der Waals surface area contributed by atoms with Crippen molar-refractivity contribution in [2.45, 2.75) is 110 Å². The maximum Gasteiger partial charge on any atom is 0.164 e. The van der Waals surface area contributed by atoms with Crippen LogP contribution in [0.5, 0.6) is 0 Å². The second-order valence-corrected chi connectivity index (χ2v) is 11.7. The van der Waals surface area contributed by atoms with Crippen molar-refractivity contribution in [2.75, 3.05) is 0 Å². The van der Waals surface area contributed by atoms with Gasteiger partial charge in [0.25, 0.3) is 0 Å². The molecule has 0 bridgehead atoms. The van der Waals surface area contributed by atoms with Crippen LogP contribution in [0.25, 0.3) is 0 Å². The number of rotatable bonds is 1. The van der Waals surface area contributed by atoms with Gasteiger partial charge in [-0.1, -0.05) is 13.8 Å². The molecule has 0 aromatic rings. The van der Waals surface area contributed by atoms with Gasteiger partial charge in [-0.05, 0) is 101 Å². The molecule has 5 rings (SSSR count). The number of hydrogen-bond acceptors (Lipinski definition) is 4. The topological polar surface area (TPSA) is 55.8 Å². The van der Waals surface area contributed by atoms with Gasteiger partial charge >= 0.3 is 0 Å². The molecule has 0 aromatic carbocycles. The largest absolute Gasteiger partial charge is 0.393 e. The minimum absolute atomic E-state index is 0.0978. The molecule has 4 aliphatic carbocycles. The van der Waals surface area contributed by atoms with Gasteiger partial charge in [-0.25, -0.2) is 0 Å². The molecule has 158 valence electrons. The van der Waals surface area contributed by atoms with Gasteiger partial charge in [-0.3, -0.25) is 4.79 Å². The summed E-state index contributed by atoms with van der Waals surface area (Å²) in [5, 5.41) is 10.2. The van der Waals surface area contributed by atoms with E-state index in [9.17, 15) is 9.90 Å². The van der Waals surface area contributed by atoms with Crippen LogP contribution >= 0.6 is 0 Å². The summed E-state index contributed by atoms with van der Waals surface area (Å²) in [6.45, 7) is 10.5. The lowest BCUT2D eigenvalue weighted by Gasteiger charge is -2.61. The second kappa shape index (κ2) is 5.82. The molecule has 5 fully saturated rings. The van der Waals surface area contributed by atoms with E-state index in [0.717, 1.165) is 32.1 Å². The van der Waals surface area contributed by atoms with E-state index in [0.29, 0.717) is 29.1 Å². The number of ketones is 1. The molecule has 4 saturated carbocycles. The van der Waals surface area contributed by atoms with Gasteiger partial charge in [0.15, 0.2) is 17.2 Å². The third-order valence-corrected chi connectivity index (χ3v) is 10.2. The fourth-order valence-corrected chi connectivity index (χ4v) is 8.98. The van der Waals surface area contributed by atoms with Crippen molar-refractivity contribution in [3.8, 4) is 0 Å². The first-order valence-corrected chi connectivity index (χ1v) is 11.6. The van der Waals surface area contributed by atoms with E-state index in [4.69, 9.17) is 9.47 Å². The first kappa shape index (κ1) is 19.5. The Morgan fingerprint density at radius 1 is 0.964 bits per heavy atom. The van der Waals surface area contributed by atoms with Crippen molar-refractivity contribution >= 4 is 5.78 Å². The molecule has 0 amide bonds. The number of carbonyl (C=O) groups excluding carboxylic acids is 1. The molecule has 4 nitrogen and oxygen atoms in total. The van der Waals surface area contributed by atoms with Gasteiger partial charge in [-0.15, -0.1) is 0 Å². The number of carbonyl (C=O) groups is 1. The number of fused-ring (bicyclic) bond motifs is 7. The lowest BCUT2D eigenvalue weighted by Crippen LogP contribution is -2.60. The van der Waals surface area contributed by atoms with Crippen molar-refractivity contribution in [2.24, 2.45) is 34.5 Å². The molecular weight excluding hydrogens is 352 g/mol. The quantitative estimate of drug-likeness (QED) is 0.717. The Labute approximate surface area is 169 Å². The molecule has 1 saturated heterocycles. The Morgan fingerprint density at radius 3 is 2.43 bits per heavy atom. The van der Waals surface area contributed by atoms with Crippen molar-refractivity contribution in [3.63, 3.8) is 0 Å². The molecule has 4 unspecified atom stereocenters. The van der Waals surface area contributed by atoms with E-state index in [1.165, 1.54) is 19.3 Å². The maximum atomic E-state index is 13.1. The molecule has 5 aliphatic rings. The monoisotopic (exact) mass is 390 g/mol. The molecule has 9 atom stereocenters. The van der Waals surface area contributed by atoms with Gasteiger partial charge in [-0.2, -0.15) is 0 Å². The van der Waals surface area contributed by atoms with Crippen LogP contribution in [0.1, 0.15) is 86.0 Å². The van der Waals surface area contributed by atoms with Gasteiger partial charge in [0.1, 0.15) is 0 Å². The van der Waals surface area contributed by atoms with Gasteiger partial charge in [0.05, 0.1) is 12.2 Å². The minimum Gasteiger partial charge on any atom is -0.393 e. The lowest BCUT2D eigenvalue weighted by atomic mass is 9.44. The van der Waals surface area contributed by atoms with Crippen LogP contribution in [0, 0.1) is 34.5 Å². The highest BCUT2D eigenvalue weighted by Crippen LogP contribution is 2.71. The highest BCUT2D eigenvalue weighted by Gasteiger charge is 2.75. The fourth-order valence-electron chi connectivity index (χ4n) is 8.98. The van der Waals surface area contributed by atoms with E-state index >= 15 is 0 Å². The first-order valence-electron chi connectivity index (χ1n) is 11.6. The summed E-state index contributed by atoms with van der Waals surface area (Å²) >= 11 is 0. The van der Waals surface area contributed by atoms with E-state index in [2.05, 4.69) is 13.8 Å². The summed E-state index contributed by atoms with van der Waals surface area (Å²) in [7, 11) is 0. The van der Waals surface area contributed by atoms with Crippen LogP contribution in [-0.4, -0.2) is 34.5 Å². The smallest absolute Gasteiger partial charge is 0.164 e. The first-order chi connectivity index (χ1) is 13.0. The van der Waals surface area contributed by atoms with Crippen molar-refractivity contribution in [1.29, 1.82) is 0 Å². The van der Waals surface area contributed by atoms with Crippen LogP contribution < -0.4 is 0 Å². The normalized spacial score (nSPS) is 57.1. The summed E-state index contributed by atoms with van der Waals surface area (Å²) in [6.07, 6.45) is 8.57. The van der Waals surface area contributed by atoms with Crippen LogP contribution in [0.4, 0.5) is 0 Å². The molecule has 4 heteroatoms. The van der Waals surface area contributed by atoms with Gasteiger partial charge in [0.2, 0.25) is 0 Å². The lowest BCUT2D eigenvalue weighted by molar-refractivity contribution is -0.219. The van der Waals surface area contributed by atoms with Crippen molar-refractivity contribution in [1.82, 2.24) is 0 Å². The Balaban J connectivity index is 1.50. The zero-order valence-electron chi connectivity index (χ0n) is 18.3. The molecule has 1 N–H and O–H groups in total. The predicted molar refractivity (Wildman–Crippen MR) is 107 cm³/mol. The molecule has 1 aliphatic heterocycles. The zero-order chi connectivity index (χ0) is 20.1. The number of aliphatic hydroxyl groups excluding tert-OH is 1. The Hall–Kier alpha value is -0.450. The van der Waals surface area contributed by atoms with Crippen LogP contribution in [-0.2, 0) is 14.3 Å². The summed E-state index contributed by atoms with van der Waals surface area (Å²) in [6, 6.07) is 0. The third-order valence-electron chi connectivity index (χ3n) is 10.2. The molecule has 0 spiro atoms. The van der Waals surface area contributed by atoms with Gasteiger partial charge in [0, 0.05) is 5.41 Å². The number of Topliss-reactive ketones (excluding diaryl/α,β-unsaturated/α-hetero) is 1. The Morgan fingerprint density at radius 2 is 1.71 bits per heavy atom. The standard InChI is InChI=1S/C24H38O4/c1-14(25)24-20(27-21(2,3)28-24)13-19-17-7-6-15-12-16(26)8-10-22(15,4)18(17)9-11-23(19,24)5/h15-20,26H,6-13H2,1-5H3/t15-,16?,17?,18?,19?,20+,22-,23-,24+/m0/s1. The molecular formula is C24H38O4. The number of aliphatic hydroxyl groups is 1. The van der Waals surface area contributed by atoms with E-state index in [1.807, 2.05) is 13.8 Å². The molecule has 1 heterocycles. The Bertz CT molecular complexity index is 688. The average Bonchev–Trinajstić information content (AvgIpc) is 3.02. The molecule has 28 heavy (non-hydrogen) atoms. The van der Waals surface area contributed by atoms with E-state index in [-0.39, 0.29) is 23.4 Å². The SMILES string of the molecule is CC(=O)[C@@]12OC(C)(C)O[C@@H]1CC1C3CC[C@H]4CC(O)CC[C@]4(C)C3CC[C@@]12C. The van der Waals surface area contributed by atoms with Crippen molar-refractivity contribution < 1.29 is 19.4 Å². The Kier molecular flexibility index (Phi) is 4.06. The highest BCUT2D eigenvalue weighted by molar-refractivity contribution is 5.88. The number of ether oxygens (including phenoxy) is 2. The average molecular weight is 391 g/mol.